The fourth-order valence-corrected chi connectivity index (χ4v) is 5.47. The van der Waals surface area contributed by atoms with Crippen molar-refractivity contribution in [2.24, 2.45) is 0 Å². The van der Waals surface area contributed by atoms with Gasteiger partial charge >= 0.3 is 0 Å². The first-order valence-electron chi connectivity index (χ1n) is 7.92. The van der Waals surface area contributed by atoms with Crippen molar-refractivity contribution in [3.05, 3.63) is 33.3 Å². The van der Waals surface area contributed by atoms with Crippen LogP contribution in [0.2, 0.25) is 10.0 Å². The summed E-state index contributed by atoms with van der Waals surface area (Å²) < 4.78 is 23.5. The third-order valence-electron chi connectivity index (χ3n) is 5.08. The molecule has 5 nitrogen and oxygen atoms in total. The Labute approximate surface area is 152 Å². The Bertz CT molecular complexity index is 774. The van der Waals surface area contributed by atoms with Crippen LogP contribution < -0.4 is 5.32 Å². The number of halogens is 2. The van der Waals surface area contributed by atoms with Crippen LogP contribution in [-0.2, 0) is 27.6 Å². The van der Waals surface area contributed by atoms with Gasteiger partial charge in [-0.05, 0) is 49.5 Å². The summed E-state index contributed by atoms with van der Waals surface area (Å²) in [5.41, 5.74) is 1.88. The van der Waals surface area contributed by atoms with E-state index in [1.54, 1.807) is 11.0 Å². The summed E-state index contributed by atoms with van der Waals surface area (Å²) in [6.07, 6.45) is 2.38. The Balaban J connectivity index is 1.91. The minimum atomic E-state index is -3.51. The van der Waals surface area contributed by atoms with Crippen LogP contribution in [0.3, 0.4) is 0 Å². The molecular weight excluding hydrogens is 371 g/mol. The first kappa shape index (κ1) is 18.0. The second kappa shape index (κ2) is 6.48. The van der Waals surface area contributed by atoms with Crippen LogP contribution in [0.5, 0.6) is 0 Å². The fourth-order valence-electron chi connectivity index (χ4n) is 3.62. The predicted molar refractivity (Wildman–Crippen MR) is 95.3 cm³/mol. The van der Waals surface area contributed by atoms with Crippen LogP contribution in [0.4, 0.5) is 0 Å². The molecule has 0 atom stereocenters. The molecule has 0 bridgehead atoms. The topological polar surface area (TPSA) is 66.5 Å². The molecule has 1 amide bonds. The van der Waals surface area contributed by atoms with Crippen LogP contribution in [0.25, 0.3) is 0 Å². The molecule has 3 rings (SSSR count). The Hall–Kier alpha value is -0.820. The van der Waals surface area contributed by atoms with Crippen molar-refractivity contribution < 1.29 is 13.2 Å². The number of piperidine rings is 1. The molecule has 0 aromatic heterocycles. The molecule has 2 aliphatic heterocycles. The van der Waals surface area contributed by atoms with Gasteiger partial charge in [0.15, 0.2) is 14.6 Å². The zero-order chi connectivity index (χ0) is 17.5. The van der Waals surface area contributed by atoms with Crippen molar-refractivity contribution >= 4 is 38.9 Å². The molecule has 2 aliphatic rings. The fraction of sp³-hybridized carbons (Fsp3) is 0.562. The van der Waals surface area contributed by atoms with E-state index in [1.165, 1.54) is 6.26 Å². The summed E-state index contributed by atoms with van der Waals surface area (Å²) in [6, 6.07) is 3.58. The van der Waals surface area contributed by atoms with Gasteiger partial charge < -0.3 is 10.2 Å². The first-order chi connectivity index (χ1) is 11.3. The molecule has 24 heavy (non-hydrogen) atoms. The van der Waals surface area contributed by atoms with Gasteiger partial charge in [0.25, 0.3) is 0 Å². The number of fused-ring (bicyclic) bond motifs is 1. The number of carbonyl (C=O) groups is 1. The zero-order valence-corrected chi connectivity index (χ0v) is 15.8. The minimum absolute atomic E-state index is 0.289. The number of nitrogens with zero attached hydrogens (tertiary/aromatic N) is 1. The second-order valence-electron chi connectivity index (χ2n) is 6.49. The van der Waals surface area contributed by atoms with Crippen LogP contribution in [0.15, 0.2) is 12.1 Å². The van der Waals surface area contributed by atoms with Gasteiger partial charge in [0, 0.05) is 19.3 Å². The molecule has 1 fully saturated rings. The molecule has 1 aromatic rings. The maximum Gasteiger partial charge on any atom is 0.244 e. The molecule has 1 saturated heterocycles. The van der Waals surface area contributed by atoms with Gasteiger partial charge in [-0.15, -0.1) is 0 Å². The Morgan fingerprint density at radius 2 is 1.92 bits per heavy atom. The molecule has 0 spiro atoms. The number of benzene rings is 1. The summed E-state index contributed by atoms with van der Waals surface area (Å²) in [6.45, 7) is 1.89. The van der Waals surface area contributed by atoms with E-state index in [9.17, 15) is 13.2 Å². The molecular formula is C16H20Cl2N2O3S. The van der Waals surface area contributed by atoms with E-state index in [-0.39, 0.29) is 5.91 Å². The first-order valence-corrected chi connectivity index (χ1v) is 10.6. The van der Waals surface area contributed by atoms with E-state index in [2.05, 4.69) is 5.32 Å². The smallest absolute Gasteiger partial charge is 0.244 e. The van der Waals surface area contributed by atoms with Crippen molar-refractivity contribution in [1.29, 1.82) is 0 Å². The Morgan fingerprint density at radius 1 is 1.25 bits per heavy atom. The van der Waals surface area contributed by atoms with Crippen molar-refractivity contribution in [1.82, 2.24) is 10.2 Å². The van der Waals surface area contributed by atoms with Gasteiger partial charge in [-0.2, -0.15) is 0 Å². The highest BCUT2D eigenvalue weighted by Crippen LogP contribution is 2.35. The molecule has 0 radical (unpaired) electrons. The lowest BCUT2D eigenvalue weighted by Gasteiger charge is -2.40. The number of carbonyl (C=O) groups excluding carboxylic acids is 1. The zero-order valence-electron chi connectivity index (χ0n) is 13.4. The molecule has 0 unspecified atom stereocenters. The number of hydrogen-bond acceptors (Lipinski definition) is 4. The summed E-state index contributed by atoms with van der Waals surface area (Å²) in [4.78, 5) is 14.8. The predicted octanol–water partition coefficient (Wildman–Crippen LogP) is 2.04. The monoisotopic (exact) mass is 390 g/mol. The maximum atomic E-state index is 13.1. The van der Waals surface area contributed by atoms with E-state index in [0.29, 0.717) is 55.5 Å². The number of amides is 1. The second-order valence-corrected chi connectivity index (χ2v) is 9.60. The number of sulfone groups is 1. The van der Waals surface area contributed by atoms with E-state index in [0.717, 1.165) is 11.1 Å². The SMILES string of the molecule is CS(=O)(=O)C1(C(=O)N2CCc3c(ccc(Cl)c3Cl)C2)CCNCC1. The molecule has 0 aliphatic carbocycles. The van der Waals surface area contributed by atoms with Gasteiger partial charge in [-0.1, -0.05) is 29.3 Å². The lowest BCUT2D eigenvalue weighted by atomic mass is 9.92. The standard InChI is InChI=1S/C16H20Cl2N2O3S/c1-24(22,23)16(5-7-19-8-6-16)15(21)20-9-4-12-11(10-20)2-3-13(17)14(12)18/h2-3,19H,4-10H2,1H3. The Kier molecular flexibility index (Phi) is 4.86. The van der Waals surface area contributed by atoms with Crippen LogP contribution >= 0.6 is 23.2 Å². The van der Waals surface area contributed by atoms with Crippen molar-refractivity contribution in [2.75, 3.05) is 25.9 Å². The van der Waals surface area contributed by atoms with Crippen molar-refractivity contribution in [2.45, 2.75) is 30.6 Å². The van der Waals surface area contributed by atoms with Gasteiger partial charge in [0.05, 0.1) is 10.0 Å². The normalized spacial score (nSPS) is 20.5. The molecule has 8 heteroatoms. The summed E-state index contributed by atoms with van der Waals surface area (Å²) in [5.74, 6) is -0.289. The molecule has 132 valence electrons. The van der Waals surface area contributed by atoms with Crippen LogP contribution in [-0.4, -0.2) is 49.9 Å². The minimum Gasteiger partial charge on any atom is -0.337 e. The average molecular weight is 391 g/mol. The van der Waals surface area contributed by atoms with E-state index < -0.39 is 14.6 Å². The van der Waals surface area contributed by atoms with Gasteiger partial charge in [-0.3, -0.25) is 4.79 Å². The van der Waals surface area contributed by atoms with E-state index in [1.807, 2.05) is 6.07 Å². The van der Waals surface area contributed by atoms with E-state index >= 15 is 0 Å². The summed E-state index contributed by atoms with van der Waals surface area (Å²) in [5, 5.41) is 4.16. The number of nitrogens with one attached hydrogen (secondary N) is 1. The van der Waals surface area contributed by atoms with Gasteiger partial charge in [0.1, 0.15) is 0 Å². The lowest BCUT2D eigenvalue weighted by Crippen LogP contribution is -2.58. The molecule has 1 N–H and O–H groups in total. The molecule has 0 saturated carbocycles. The van der Waals surface area contributed by atoms with Crippen molar-refractivity contribution in [3.63, 3.8) is 0 Å². The number of rotatable bonds is 2. The van der Waals surface area contributed by atoms with Crippen molar-refractivity contribution in [3.8, 4) is 0 Å². The largest absolute Gasteiger partial charge is 0.337 e. The van der Waals surface area contributed by atoms with Crippen LogP contribution in [0.1, 0.15) is 24.0 Å². The highest BCUT2D eigenvalue weighted by molar-refractivity contribution is 7.92. The van der Waals surface area contributed by atoms with Gasteiger partial charge in [-0.25, -0.2) is 8.42 Å². The summed E-state index contributed by atoms with van der Waals surface area (Å²) >= 11 is 12.3. The summed E-state index contributed by atoms with van der Waals surface area (Å²) in [7, 11) is -3.51. The van der Waals surface area contributed by atoms with E-state index in [4.69, 9.17) is 23.2 Å². The highest BCUT2D eigenvalue weighted by Gasteiger charge is 2.50. The Morgan fingerprint density at radius 3 is 2.54 bits per heavy atom. The highest BCUT2D eigenvalue weighted by atomic mass is 35.5. The lowest BCUT2D eigenvalue weighted by molar-refractivity contribution is -0.135. The van der Waals surface area contributed by atoms with Gasteiger partial charge in [0.2, 0.25) is 5.91 Å². The van der Waals surface area contributed by atoms with Crippen LogP contribution in [0, 0.1) is 0 Å². The molecule has 2 heterocycles. The molecule has 1 aromatic carbocycles. The number of hydrogen-bond donors (Lipinski definition) is 1. The quantitative estimate of drug-likeness (QED) is 0.838. The third-order valence-corrected chi connectivity index (χ3v) is 7.93. The average Bonchev–Trinajstić information content (AvgIpc) is 2.57. The maximum absolute atomic E-state index is 13.1. The third kappa shape index (κ3) is 2.94.